The van der Waals surface area contributed by atoms with Crippen molar-refractivity contribution in [2.75, 3.05) is 13.1 Å². The van der Waals surface area contributed by atoms with E-state index >= 15 is 0 Å². The fourth-order valence-electron chi connectivity index (χ4n) is 2.31. The molecule has 1 aromatic heterocycles. The number of hydrogen-bond acceptors (Lipinski definition) is 4. The lowest BCUT2D eigenvalue weighted by molar-refractivity contribution is -0.0829. The van der Waals surface area contributed by atoms with Crippen LogP contribution in [0.2, 0.25) is 0 Å². The lowest BCUT2D eigenvalue weighted by Gasteiger charge is -2.45. The predicted molar refractivity (Wildman–Crippen MR) is 73.1 cm³/mol. The quantitative estimate of drug-likeness (QED) is 0.927. The average molecular weight is 272 g/mol. The second-order valence-corrected chi connectivity index (χ2v) is 5.18. The van der Waals surface area contributed by atoms with E-state index in [0.717, 1.165) is 5.56 Å². The molecule has 1 aromatic carbocycles. The van der Waals surface area contributed by atoms with Crippen molar-refractivity contribution >= 4 is 5.91 Å². The summed E-state index contributed by atoms with van der Waals surface area (Å²) in [5, 5.41) is 13.8. The van der Waals surface area contributed by atoms with E-state index in [4.69, 9.17) is 4.52 Å². The third kappa shape index (κ3) is 2.20. The molecular formula is C15H16N2O3. The van der Waals surface area contributed by atoms with Gasteiger partial charge in [0.05, 0.1) is 18.7 Å². The summed E-state index contributed by atoms with van der Waals surface area (Å²) in [6.07, 6.45) is 0.644. The first-order valence-electron chi connectivity index (χ1n) is 6.65. The molecule has 0 unspecified atom stereocenters. The third-order valence-corrected chi connectivity index (χ3v) is 3.70. The molecule has 104 valence electrons. The molecule has 0 bridgehead atoms. The van der Waals surface area contributed by atoms with E-state index in [1.165, 1.54) is 0 Å². The molecule has 1 N–H and O–H groups in total. The van der Waals surface area contributed by atoms with E-state index in [1.54, 1.807) is 11.0 Å². The normalized spacial score (nSPS) is 16.8. The Morgan fingerprint density at radius 3 is 2.75 bits per heavy atom. The molecule has 0 spiro atoms. The van der Waals surface area contributed by atoms with Gasteiger partial charge in [-0.15, -0.1) is 0 Å². The molecule has 1 aliphatic rings. The predicted octanol–water partition coefficient (Wildman–Crippen LogP) is 1.94. The lowest BCUT2D eigenvalue weighted by atomic mass is 9.91. The van der Waals surface area contributed by atoms with Crippen LogP contribution in [0.5, 0.6) is 0 Å². The van der Waals surface area contributed by atoms with Gasteiger partial charge in [-0.3, -0.25) is 4.79 Å². The fourth-order valence-corrected chi connectivity index (χ4v) is 2.31. The monoisotopic (exact) mass is 272 g/mol. The highest BCUT2D eigenvalue weighted by molar-refractivity contribution is 5.93. The number of likely N-dealkylation sites (tertiary alicyclic amines) is 1. The number of aromatic nitrogens is 1. The van der Waals surface area contributed by atoms with Crippen molar-refractivity contribution in [1.29, 1.82) is 0 Å². The number of rotatable bonds is 3. The summed E-state index contributed by atoms with van der Waals surface area (Å²) in [6.45, 7) is 2.62. The molecule has 2 heterocycles. The molecule has 1 fully saturated rings. The van der Waals surface area contributed by atoms with Gasteiger partial charge in [0.15, 0.2) is 11.5 Å². The molecule has 0 radical (unpaired) electrons. The van der Waals surface area contributed by atoms with Gasteiger partial charge in [-0.1, -0.05) is 42.4 Å². The Bertz CT molecular complexity index is 615. The number of aliphatic hydroxyl groups is 1. The molecule has 0 atom stereocenters. The number of benzene rings is 1. The van der Waals surface area contributed by atoms with Crippen LogP contribution in [-0.4, -0.2) is 39.8 Å². The van der Waals surface area contributed by atoms with Gasteiger partial charge in [0, 0.05) is 11.6 Å². The smallest absolute Gasteiger partial charge is 0.276 e. The number of nitrogens with zero attached hydrogens (tertiary/aromatic N) is 2. The van der Waals surface area contributed by atoms with Crippen LogP contribution in [0.3, 0.4) is 0 Å². The summed E-state index contributed by atoms with van der Waals surface area (Å²) in [5.41, 5.74) is 0.427. The second kappa shape index (κ2) is 4.76. The zero-order chi connectivity index (χ0) is 14.2. The Morgan fingerprint density at radius 2 is 2.10 bits per heavy atom. The summed E-state index contributed by atoms with van der Waals surface area (Å²) in [6, 6.07) is 11.1. The maximum Gasteiger partial charge on any atom is 0.276 e. The number of carbonyl (C=O) groups is 1. The topological polar surface area (TPSA) is 66.6 Å². The van der Waals surface area contributed by atoms with Crippen LogP contribution in [0, 0.1) is 0 Å². The van der Waals surface area contributed by atoms with Gasteiger partial charge in [-0.05, 0) is 6.42 Å². The Kier molecular flexibility index (Phi) is 3.06. The SMILES string of the molecule is CCC1(O)CN(C(=O)c2cc(-c3ccccc3)on2)C1. The minimum absolute atomic E-state index is 0.200. The van der Waals surface area contributed by atoms with Crippen molar-refractivity contribution in [2.24, 2.45) is 0 Å². The van der Waals surface area contributed by atoms with E-state index in [2.05, 4.69) is 5.16 Å². The van der Waals surface area contributed by atoms with E-state index in [0.29, 0.717) is 25.3 Å². The molecular weight excluding hydrogens is 256 g/mol. The van der Waals surface area contributed by atoms with Crippen molar-refractivity contribution in [3.63, 3.8) is 0 Å². The maximum atomic E-state index is 12.2. The summed E-state index contributed by atoms with van der Waals surface area (Å²) in [5.74, 6) is 0.370. The third-order valence-electron chi connectivity index (χ3n) is 3.70. The van der Waals surface area contributed by atoms with Crippen molar-refractivity contribution in [2.45, 2.75) is 18.9 Å². The first-order chi connectivity index (χ1) is 9.61. The van der Waals surface area contributed by atoms with Crippen LogP contribution in [0.1, 0.15) is 23.8 Å². The van der Waals surface area contributed by atoms with E-state index < -0.39 is 5.60 Å². The van der Waals surface area contributed by atoms with Crippen molar-refractivity contribution in [3.8, 4) is 11.3 Å². The molecule has 0 aliphatic carbocycles. The summed E-state index contributed by atoms with van der Waals surface area (Å²) >= 11 is 0. The number of hydrogen-bond donors (Lipinski definition) is 1. The van der Waals surface area contributed by atoms with Crippen LogP contribution in [-0.2, 0) is 0 Å². The summed E-state index contributed by atoms with van der Waals surface area (Å²) in [4.78, 5) is 13.7. The zero-order valence-corrected chi connectivity index (χ0v) is 11.2. The van der Waals surface area contributed by atoms with Crippen LogP contribution >= 0.6 is 0 Å². The first kappa shape index (κ1) is 12.9. The Hall–Kier alpha value is -2.14. The molecule has 1 aliphatic heterocycles. The molecule has 5 nitrogen and oxygen atoms in total. The number of amides is 1. The molecule has 1 saturated heterocycles. The van der Waals surface area contributed by atoms with Crippen molar-refractivity contribution < 1.29 is 14.4 Å². The van der Waals surface area contributed by atoms with E-state index in [-0.39, 0.29) is 11.6 Å². The molecule has 5 heteroatoms. The second-order valence-electron chi connectivity index (χ2n) is 5.18. The Morgan fingerprint density at radius 1 is 1.40 bits per heavy atom. The van der Waals surface area contributed by atoms with E-state index in [1.807, 2.05) is 37.3 Å². The molecule has 3 rings (SSSR count). The number of carbonyl (C=O) groups excluding carboxylic acids is 1. The van der Waals surface area contributed by atoms with Gasteiger partial charge in [0.2, 0.25) is 0 Å². The maximum absolute atomic E-state index is 12.2. The largest absolute Gasteiger partial charge is 0.386 e. The van der Waals surface area contributed by atoms with Crippen molar-refractivity contribution in [3.05, 3.63) is 42.1 Å². The van der Waals surface area contributed by atoms with Gasteiger partial charge in [0.1, 0.15) is 0 Å². The average Bonchev–Trinajstić information content (AvgIpc) is 2.94. The molecule has 1 amide bonds. The molecule has 2 aromatic rings. The van der Waals surface area contributed by atoms with Gasteiger partial charge in [-0.2, -0.15) is 0 Å². The standard InChI is InChI=1S/C15H16N2O3/c1-2-15(19)9-17(10-15)14(18)12-8-13(20-16-12)11-6-4-3-5-7-11/h3-8,19H,2,9-10H2,1H3. The summed E-state index contributed by atoms with van der Waals surface area (Å²) < 4.78 is 5.21. The summed E-state index contributed by atoms with van der Waals surface area (Å²) in [7, 11) is 0. The first-order valence-corrected chi connectivity index (χ1v) is 6.65. The van der Waals surface area contributed by atoms with Crippen molar-refractivity contribution in [1.82, 2.24) is 10.1 Å². The van der Waals surface area contributed by atoms with Crippen LogP contribution in [0.4, 0.5) is 0 Å². The van der Waals surface area contributed by atoms with E-state index in [9.17, 15) is 9.90 Å². The zero-order valence-electron chi connectivity index (χ0n) is 11.2. The van der Waals surface area contributed by atoms with Gasteiger partial charge < -0.3 is 14.5 Å². The molecule has 0 saturated carbocycles. The Labute approximate surface area is 116 Å². The Balaban J connectivity index is 1.73. The highest BCUT2D eigenvalue weighted by Crippen LogP contribution is 2.27. The van der Waals surface area contributed by atoms with Gasteiger partial charge in [0.25, 0.3) is 5.91 Å². The molecule has 20 heavy (non-hydrogen) atoms. The van der Waals surface area contributed by atoms with Gasteiger partial charge >= 0.3 is 0 Å². The highest BCUT2D eigenvalue weighted by Gasteiger charge is 2.42. The highest BCUT2D eigenvalue weighted by atomic mass is 16.5. The van der Waals surface area contributed by atoms with Crippen LogP contribution in [0.25, 0.3) is 11.3 Å². The van der Waals surface area contributed by atoms with Crippen LogP contribution < -0.4 is 0 Å². The van der Waals surface area contributed by atoms with Gasteiger partial charge in [-0.25, -0.2) is 0 Å². The number of β-amino-alcohol motifs (C(OH)–C–C–N with tert-alkyl or cyclic N) is 1. The minimum Gasteiger partial charge on any atom is -0.386 e. The fraction of sp³-hybridized carbons (Fsp3) is 0.333. The lowest BCUT2D eigenvalue weighted by Crippen LogP contribution is -2.63. The minimum atomic E-state index is -0.734. The van der Waals surface area contributed by atoms with Crippen LogP contribution in [0.15, 0.2) is 40.9 Å².